The van der Waals surface area contributed by atoms with Crippen LogP contribution in [0.15, 0.2) is 48.5 Å². The smallest absolute Gasteiger partial charge is 0.251 e. The van der Waals surface area contributed by atoms with Gasteiger partial charge in [-0.1, -0.05) is 12.1 Å². The highest BCUT2D eigenvalue weighted by Crippen LogP contribution is 2.13. The normalized spacial score (nSPS) is 11.3. The van der Waals surface area contributed by atoms with Gasteiger partial charge in [-0.2, -0.15) is 0 Å². The summed E-state index contributed by atoms with van der Waals surface area (Å²) < 4.78 is 12.9. The Morgan fingerprint density at radius 1 is 1.00 bits per heavy atom. The fourth-order valence-electron chi connectivity index (χ4n) is 2.38. The van der Waals surface area contributed by atoms with Crippen molar-refractivity contribution in [3.05, 3.63) is 65.5 Å². The van der Waals surface area contributed by atoms with E-state index in [9.17, 15) is 23.6 Å². The summed E-state index contributed by atoms with van der Waals surface area (Å²) >= 11 is 1.18. The number of carbonyl (C=O) groups is 4. The highest BCUT2D eigenvalue weighted by atomic mass is 32.2. The zero-order chi connectivity index (χ0) is 22.8. The lowest BCUT2D eigenvalue weighted by Gasteiger charge is -2.12. The van der Waals surface area contributed by atoms with E-state index in [0.717, 1.165) is 5.56 Å². The Bertz CT molecular complexity index is 935. The predicted octanol–water partition coefficient (Wildman–Crippen LogP) is 1.42. The highest BCUT2D eigenvalue weighted by molar-refractivity contribution is 8.01. The van der Waals surface area contributed by atoms with Crippen molar-refractivity contribution in [1.29, 1.82) is 0 Å². The maximum absolute atomic E-state index is 12.9. The molecule has 0 aliphatic rings. The molecule has 0 fully saturated rings. The second-order valence-electron chi connectivity index (χ2n) is 6.57. The van der Waals surface area contributed by atoms with Crippen LogP contribution < -0.4 is 21.7 Å². The van der Waals surface area contributed by atoms with E-state index in [1.54, 1.807) is 31.2 Å². The summed E-state index contributed by atoms with van der Waals surface area (Å²) in [5.41, 5.74) is 6.62. The lowest BCUT2D eigenvalue weighted by Crippen LogP contribution is -2.33. The van der Waals surface area contributed by atoms with Crippen LogP contribution in [0.3, 0.4) is 0 Å². The van der Waals surface area contributed by atoms with Crippen molar-refractivity contribution in [1.82, 2.24) is 10.6 Å². The number of halogens is 1. The molecule has 2 rings (SSSR count). The summed E-state index contributed by atoms with van der Waals surface area (Å²) in [6, 6.07) is 11.9. The Labute approximate surface area is 183 Å². The average molecular weight is 447 g/mol. The molecule has 0 spiro atoms. The van der Waals surface area contributed by atoms with Gasteiger partial charge in [0.2, 0.25) is 17.7 Å². The van der Waals surface area contributed by atoms with Crippen LogP contribution in [0.1, 0.15) is 22.8 Å². The van der Waals surface area contributed by atoms with Crippen molar-refractivity contribution in [3.63, 3.8) is 0 Å². The first-order chi connectivity index (χ1) is 14.7. The second-order valence-corrected chi connectivity index (χ2v) is 7.90. The summed E-state index contributed by atoms with van der Waals surface area (Å²) in [4.78, 5) is 46.7. The number of hydrogen-bond donors (Lipinski definition) is 4. The summed E-state index contributed by atoms with van der Waals surface area (Å²) in [7, 11) is 0. The summed E-state index contributed by atoms with van der Waals surface area (Å²) in [6.07, 6.45) is 0. The van der Waals surface area contributed by atoms with Gasteiger partial charge >= 0.3 is 0 Å². The van der Waals surface area contributed by atoms with E-state index in [1.165, 1.54) is 36.0 Å². The molecule has 0 aromatic heterocycles. The molecule has 4 amide bonds. The molecule has 0 aliphatic heterocycles. The standard InChI is InChI=1S/C21H23FN4O4S/c1-13(31-12-19(28)26-17-8-6-16(22)7-9-17)20(29)24-10-14-2-4-15(5-3-14)21(30)25-11-18(23)27/h2-9,13H,10-12H2,1H3,(H2,23,27)(H,24,29)(H,25,30)(H,26,28). The van der Waals surface area contributed by atoms with Gasteiger partial charge in [-0.15, -0.1) is 11.8 Å². The van der Waals surface area contributed by atoms with E-state index in [1.807, 2.05) is 0 Å². The first kappa shape index (κ1) is 23.9. The summed E-state index contributed by atoms with van der Waals surface area (Å²) in [6.45, 7) is 1.71. The van der Waals surface area contributed by atoms with Crippen LogP contribution >= 0.6 is 11.8 Å². The molecule has 164 valence electrons. The Kier molecular flexibility index (Phi) is 9.01. The largest absolute Gasteiger partial charge is 0.368 e. The molecular weight excluding hydrogens is 423 g/mol. The van der Waals surface area contributed by atoms with Gasteiger partial charge in [-0.25, -0.2) is 4.39 Å². The minimum atomic E-state index is -0.632. The van der Waals surface area contributed by atoms with Crippen molar-refractivity contribution < 1.29 is 23.6 Å². The van der Waals surface area contributed by atoms with Gasteiger partial charge in [-0.3, -0.25) is 19.2 Å². The van der Waals surface area contributed by atoms with Crippen LogP contribution in [-0.2, 0) is 20.9 Å². The Balaban J connectivity index is 1.73. The molecule has 2 aromatic carbocycles. The van der Waals surface area contributed by atoms with Crippen LogP contribution in [0.2, 0.25) is 0 Å². The van der Waals surface area contributed by atoms with E-state index in [0.29, 0.717) is 11.3 Å². The number of anilines is 1. The van der Waals surface area contributed by atoms with Gasteiger partial charge in [0.1, 0.15) is 5.82 Å². The SMILES string of the molecule is CC(SCC(=O)Nc1ccc(F)cc1)C(=O)NCc1ccc(C(=O)NCC(N)=O)cc1. The van der Waals surface area contributed by atoms with Crippen LogP contribution in [0, 0.1) is 5.82 Å². The monoisotopic (exact) mass is 446 g/mol. The minimum Gasteiger partial charge on any atom is -0.368 e. The van der Waals surface area contributed by atoms with Gasteiger partial charge < -0.3 is 21.7 Å². The third-order valence-corrected chi connectivity index (χ3v) is 5.21. The lowest BCUT2D eigenvalue weighted by molar-refractivity contribution is -0.120. The van der Waals surface area contributed by atoms with Crippen molar-refractivity contribution in [2.75, 3.05) is 17.6 Å². The highest BCUT2D eigenvalue weighted by Gasteiger charge is 2.15. The van der Waals surface area contributed by atoms with Crippen LogP contribution in [0.4, 0.5) is 10.1 Å². The van der Waals surface area contributed by atoms with Gasteiger partial charge in [0.15, 0.2) is 0 Å². The Morgan fingerprint density at radius 3 is 2.26 bits per heavy atom. The molecule has 0 bridgehead atoms. The number of amides is 4. The van der Waals surface area contributed by atoms with Gasteiger partial charge in [0.05, 0.1) is 17.5 Å². The molecule has 8 nitrogen and oxygen atoms in total. The number of thioether (sulfide) groups is 1. The van der Waals surface area contributed by atoms with Gasteiger partial charge in [-0.05, 0) is 48.9 Å². The van der Waals surface area contributed by atoms with Gasteiger partial charge in [0.25, 0.3) is 5.91 Å². The molecule has 1 unspecified atom stereocenters. The molecule has 10 heteroatoms. The quantitative estimate of drug-likeness (QED) is 0.438. The predicted molar refractivity (Wildman–Crippen MR) is 117 cm³/mol. The third kappa shape index (κ3) is 8.47. The topological polar surface area (TPSA) is 130 Å². The van der Waals surface area contributed by atoms with E-state index < -0.39 is 22.9 Å². The number of benzene rings is 2. The van der Waals surface area contributed by atoms with E-state index in [4.69, 9.17) is 5.73 Å². The molecule has 0 saturated heterocycles. The number of primary amides is 1. The van der Waals surface area contributed by atoms with Crippen molar-refractivity contribution in [2.24, 2.45) is 5.73 Å². The van der Waals surface area contributed by atoms with E-state index in [-0.39, 0.29) is 30.7 Å². The molecule has 5 N–H and O–H groups in total. The first-order valence-corrected chi connectivity index (χ1v) is 10.4. The number of nitrogens with one attached hydrogen (secondary N) is 3. The van der Waals surface area contributed by atoms with Gasteiger partial charge in [0, 0.05) is 17.8 Å². The molecule has 2 aromatic rings. The molecule has 0 saturated carbocycles. The number of nitrogens with two attached hydrogens (primary N) is 1. The summed E-state index contributed by atoms with van der Waals surface area (Å²) in [5, 5.41) is 7.33. The zero-order valence-corrected chi connectivity index (χ0v) is 17.6. The Morgan fingerprint density at radius 2 is 1.65 bits per heavy atom. The Hall–Kier alpha value is -3.40. The van der Waals surface area contributed by atoms with Crippen molar-refractivity contribution in [2.45, 2.75) is 18.7 Å². The first-order valence-electron chi connectivity index (χ1n) is 9.35. The zero-order valence-electron chi connectivity index (χ0n) is 16.8. The maximum Gasteiger partial charge on any atom is 0.251 e. The van der Waals surface area contributed by atoms with Crippen LogP contribution in [0.25, 0.3) is 0 Å². The molecule has 0 radical (unpaired) electrons. The fraction of sp³-hybridized carbons (Fsp3) is 0.238. The number of rotatable bonds is 10. The number of carbonyl (C=O) groups excluding carboxylic acids is 4. The maximum atomic E-state index is 12.9. The van der Waals surface area contributed by atoms with E-state index in [2.05, 4.69) is 16.0 Å². The van der Waals surface area contributed by atoms with E-state index >= 15 is 0 Å². The fourth-order valence-corrected chi connectivity index (χ4v) is 3.09. The summed E-state index contributed by atoms with van der Waals surface area (Å²) in [5.74, 6) is -1.89. The lowest BCUT2D eigenvalue weighted by atomic mass is 10.1. The number of hydrogen-bond acceptors (Lipinski definition) is 5. The second kappa shape index (κ2) is 11.7. The molecular formula is C21H23FN4O4S. The third-order valence-electron chi connectivity index (χ3n) is 4.07. The average Bonchev–Trinajstić information content (AvgIpc) is 2.76. The molecule has 31 heavy (non-hydrogen) atoms. The minimum absolute atomic E-state index is 0.0705. The van der Waals surface area contributed by atoms with Crippen molar-refractivity contribution >= 4 is 41.1 Å². The molecule has 0 heterocycles. The van der Waals surface area contributed by atoms with Crippen molar-refractivity contribution in [3.8, 4) is 0 Å². The molecule has 1 atom stereocenters. The van der Waals surface area contributed by atoms with Crippen LogP contribution in [0.5, 0.6) is 0 Å². The molecule has 0 aliphatic carbocycles. The van der Waals surface area contributed by atoms with Crippen LogP contribution in [-0.4, -0.2) is 41.2 Å².